The molecule has 0 saturated heterocycles. The summed E-state index contributed by atoms with van der Waals surface area (Å²) >= 11 is 12.5. The minimum Gasteiger partial charge on any atom is -0.396 e. The van der Waals surface area contributed by atoms with E-state index in [0.29, 0.717) is 15.6 Å². The van der Waals surface area contributed by atoms with Crippen molar-refractivity contribution in [1.29, 1.82) is 0 Å². The number of benzene rings is 2. The van der Waals surface area contributed by atoms with Crippen LogP contribution in [0, 0.1) is 0 Å². The van der Waals surface area contributed by atoms with Crippen molar-refractivity contribution in [2.75, 3.05) is 6.61 Å². The second kappa shape index (κ2) is 6.36. The highest BCUT2D eigenvalue weighted by Gasteiger charge is 2.18. The lowest BCUT2D eigenvalue weighted by Crippen LogP contribution is -2.23. The van der Waals surface area contributed by atoms with Crippen LogP contribution in [0.1, 0.15) is 5.56 Å². The predicted molar refractivity (Wildman–Crippen MR) is 95.4 cm³/mol. The van der Waals surface area contributed by atoms with Crippen molar-refractivity contribution in [1.82, 2.24) is 4.57 Å². The van der Waals surface area contributed by atoms with Crippen molar-refractivity contribution in [3.8, 4) is 11.1 Å². The SMILES string of the molecule is Cn1c(=O)c(CCO)c(-c2ccccc2Cl)c2cc(Cl)ccc21. The maximum Gasteiger partial charge on any atom is 0.254 e. The number of aryl methyl sites for hydroxylation is 1. The van der Waals surface area contributed by atoms with Crippen molar-refractivity contribution in [3.63, 3.8) is 0 Å². The van der Waals surface area contributed by atoms with Crippen molar-refractivity contribution >= 4 is 34.1 Å². The normalized spacial score (nSPS) is 11.1. The quantitative estimate of drug-likeness (QED) is 0.776. The predicted octanol–water partition coefficient (Wildman–Crippen LogP) is 4.05. The van der Waals surface area contributed by atoms with Gasteiger partial charge in [0.25, 0.3) is 5.56 Å². The molecule has 3 rings (SSSR count). The highest BCUT2D eigenvalue weighted by atomic mass is 35.5. The van der Waals surface area contributed by atoms with Gasteiger partial charge in [-0.05, 0) is 24.3 Å². The minimum absolute atomic E-state index is 0.112. The molecule has 118 valence electrons. The van der Waals surface area contributed by atoms with E-state index >= 15 is 0 Å². The molecule has 0 aliphatic rings. The Kier molecular flexibility index (Phi) is 4.44. The van der Waals surface area contributed by atoms with Gasteiger partial charge >= 0.3 is 0 Å². The van der Waals surface area contributed by atoms with E-state index in [1.165, 1.54) is 0 Å². The molecule has 0 amide bonds. The van der Waals surface area contributed by atoms with Gasteiger partial charge in [-0.2, -0.15) is 0 Å². The first-order chi connectivity index (χ1) is 11.0. The van der Waals surface area contributed by atoms with E-state index in [1.807, 2.05) is 30.3 Å². The summed E-state index contributed by atoms with van der Waals surface area (Å²) in [6.07, 6.45) is 0.260. The Morgan fingerprint density at radius 3 is 2.57 bits per heavy atom. The first-order valence-electron chi connectivity index (χ1n) is 7.21. The molecule has 1 aromatic heterocycles. The van der Waals surface area contributed by atoms with Crippen molar-refractivity contribution in [2.45, 2.75) is 6.42 Å². The molecule has 0 spiro atoms. The smallest absolute Gasteiger partial charge is 0.254 e. The van der Waals surface area contributed by atoms with Gasteiger partial charge in [0.1, 0.15) is 0 Å². The Hall–Kier alpha value is -1.81. The third-order valence-corrected chi connectivity index (χ3v) is 4.52. The lowest BCUT2D eigenvalue weighted by molar-refractivity contribution is 0.299. The molecule has 0 bridgehead atoms. The Morgan fingerprint density at radius 2 is 1.87 bits per heavy atom. The Balaban J connectivity index is 2.53. The molecule has 2 aromatic carbocycles. The zero-order chi connectivity index (χ0) is 16.6. The Labute approximate surface area is 143 Å². The van der Waals surface area contributed by atoms with Gasteiger partial charge in [-0.3, -0.25) is 4.79 Å². The molecule has 1 N–H and O–H groups in total. The number of aliphatic hydroxyl groups excluding tert-OH is 1. The summed E-state index contributed by atoms with van der Waals surface area (Å²) in [4.78, 5) is 12.7. The molecule has 3 aromatic rings. The first kappa shape index (κ1) is 16.1. The Morgan fingerprint density at radius 1 is 1.13 bits per heavy atom. The van der Waals surface area contributed by atoms with Crippen molar-refractivity contribution in [2.24, 2.45) is 7.05 Å². The average molecular weight is 348 g/mol. The molecule has 1 heterocycles. The van der Waals surface area contributed by atoms with Crippen LogP contribution in [0.15, 0.2) is 47.3 Å². The molecule has 3 nitrogen and oxygen atoms in total. The summed E-state index contributed by atoms with van der Waals surface area (Å²) in [7, 11) is 1.72. The molecule has 0 aliphatic carbocycles. The van der Waals surface area contributed by atoms with Crippen LogP contribution in [-0.2, 0) is 13.5 Å². The highest BCUT2D eigenvalue weighted by molar-refractivity contribution is 6.34. The fraction of sp³-hybridized carbons (Fsp3) is 0.167. The third kappa shape index (κ3) is 2.76. The number of halogens is 2. The fourth-order valence-electron chi connectivity index (χ4n) is 2.90. The van der Waals surface area contributed by atoms with E-state index in [0.717, 1.165) is 22.0 Å². The van der Waals surface area contributed by atoms with Crippen LogP contribution in [0.5, 0.6) is 0 Å². The molecular weight excluding hydrogens is 333 g/mol. The largest absolute Gasteiger partial charge is 0.396 e. The molecule has 23 heavy (non-hydrogen) atoms. The summed E-state index contributed by atoms with van der Waals surface area (Å²) in [5, 5.41) is 11.4. The molecule has 5 heteroatoms. The number of nitrogens with zero attached hydrogens (tertiary/aromatic N) is 1. The lowest BCUT2D eigenvalue weighted by Gasteiger charge is -2.16. The lowest BCUT2D eigenvalue weighted by atomic mass is 9.94. The van der Waals surface area contributed by atoms with E-state index in [-0.39, 0.29) is 18.6 Å². The molecular formula is C18H15Cl2NO2. The summed E-state index contributed by atoms with van der Waals surface area (Å²) in [6.45, 7) is -0.112. The van der Waals surface area contributed by atoms with Gasteiger partial charge in [0, 0.05) is 52.2 Å². The maximum atomic E-state index is 12.7. The number of hydrogen-bond acceptors (Lipinski definition) is 2. The van der Waals surface area contributed by atoms with Gasteiger partial charge < -0.3 is 9.67 Å². The number of fused-ring (bicyclic) bond motifs is 1. The second-order valence-electron chi connectivity index (χ2n) is 5.33. The second-order valence-corrected chi connectivity index (χ2v) is 6.18. The van der Waals surface area contributed by atoms with Crippen LogP contribution in [0.25, 0.3) is 22.0 Å². The third-order valence-electron chi connectivity index (χ3n) is 3.96. The van der Waals surface area contributed by atoms with Crippen LogP contribution >= 0.6 is 23.2 Å². The average Bonchev–Trinajstić information content (AvgIpc) is 2.54. The van der Waals surface area contributed by atoms with E-state index in [4.69, 9.17) is 23.2 Å². The molecule has 0 saturated carbocycles. The van der Waals surface area contributed by atoms with E-state index < -0.39 is 0 Å². The standard InChI is InChI=1S/C18H15Cl2NO2/c1-21-16-7-6-11(19)10-14(16)17(13(8-9-22)18(21)23)12-4-2-3-5-15(12)20/h2-7,10,22H,8-9H2,1H3. The molecule has 0 radical (unpaired) electrons. The van der Waals surface area contributed by atoms with E-state index in [1.54, 1.807) is 23.7 Å². The zero-order valence-corrected chi connectivity index (χ0v) is 14.0. The van der Waals surface area contributed by atoms with Crippen molar-refractivity contribution < 1.29 is 5.11 Å². The summed E-state index contributed by atoms with van der Waals surface area (Å²) in [6, 6.07) is 12.8. The van der Waals surface area contributed by atoms with Gasteiger partial charge in [-0.15, -0.1) is 0 Å². The minimum atomic E-state index is -0.135. The Bertz CT molecular complexity index is 948. The number of pyridine rings is 1. The van der Waals surface area contributed by atoms with Crippen LogP contribution in [-0.4, -0.2) is 16.3 Å². The molecule has 0 atom stereocenters. The fourth-order valence-corrected chi connectivity index (χ4v) is 3.30. The van der Waals surface area contributed by atoms with Gasteiger partial charge in [0.15, 0.2) is 0 Å². The topological polar surface area (TPSA) is 42.2 Å². The van der Waals surface area contributed by atoms with Gasteiger partial charge in [-0.1, -0.05) is 41.4 Å². The maximum absolute atomic E-state index is 12.7. The molecule has 0 unspecified atom stereocenters. The van der Waals surface area contributed by atoms with Crippen molar-refractivity contribution in [3.05, 3.63) is 68.4 Å². The van der Waals surface area contributed by atoms with Gasteiger partial charge in [-0.25, -0.2) is 0 Å². The number of aliphatic hydroxyl groups is 1. The molecule has 0 aliphatic heterocycles. The van der Waals surface area contributed by atoms with Gasteiger partial charge in [0.2, 0.25) is 0 Å². The monoisotopic (exact) mass is 347 g/mol. The van der Waals surface area contributed by atoms with Gasteiger partial charge in [0.05, 0.1) is 5.52 Å². The summed E-state index contributed by atoms with van der Waals surface area (Å²) in [5.41, 5.74) is 2.69. The van der Waals surface area contributed by atoms with Crippen LogP contribution in [0.3, 0.4) is 0 Å². The number of rotatable bonds is 3. The summed E-state index contributed by atoms with van der Waals surface area (Å²) in [5.74, 6) is 0. The number of hydrogen-bond donors (Lipinski definition) is 1. The van der Waals surface area contributed by atoms with Crippen LogP contribution < -0.4 is 5.56 Å². The van der Waals surface area contributed by atoms with Crippen LogP contribution in [0.4, 0.5) is 0 Å². The number of aromatic nitrogens is 1. The van der Waals surface area contributed by atoms with E-state index in [9.17, 15) is 9.90 Å². The first-order valence-corrected chi connectivity index (χ1v) is 7.97. The van der Waals surface area contributed by atoms with Crippen LogP contribution in [0.2, 0.25) is 10.0 Å². The summed E-state index contributed by atoms with van der Waals surface area (Å²) < 4.78 is 1.58. The zero-order valence-electron chi connectivity index (χ0n) is 12.5. The van der Waals surface area contributed by atoms with E-state index in [2.05, 4.69) is 0 Å². The highest BCUT2D eigenvalue weighted by Crippen LogP contribution is 2.36. The molecule has 0 fully saturated rings.